The number of rotatable bonds is 4. The van der Waals surface area contributed by atoms with E-state index in [0.29, 0.717) is 6.10 Å². The lowest BCUT2D eigenvalue weighted by atomic mass is 9.77. The molecule has 1 saturated heterocycles. The molecule has 1 aliphatic carbocycles. The number of methoxy groups -OCH3 is 1. The second kappa shape index (κ2) is 7.05. The van der Waals surface area contributed by atoms with Crippen molar-refractivity contribution < 1.29 is 4.74 Å². The van der Waals surface area contributed by atoms with Gasteiger partial charge in [0.25, 0.3) is 0 Å². The summed E-state index contributed by atoms with van der Waals surface area (Å²) in [7, 11) is 1.86. The van der Waals surface area contributed by atoms with E-state index in [0.717, 1.165) is 19.0 Å². The molecule has 2 fully saturated rings. The standard InChI is InChI=1S/C16H32N2O/c1-3-14-8-5-4-6-11-18(14)16(13-17)10-7-9-15(12-16)19-2/h14-15H,3-13,17H2,1-2H3. The van der Waals surface area contributed by atoms with Gasteiger partial charge in [0.15, 0.2) is 0 Å². The van der Waals surface area contributed by atoms with Crippen LogP contribution in [0.25, 0.3) is 0 Å². The number of likely N-dealkylation sites (tertiary alicyclic amines) is 1. The summed E-state index contributed by atoms with van der Waals surface area (Å²) in [5.74, 6) is 0. The Labute approximate surface area is 118 Å². The fraction of sp³-hybridized carbons (Fsp3) is 1.00. The van der Waals surface area contributed by atoms with Gasteiger partial charge in [-0.25, -0.2) is 0 Å². The van der Waals surface area contributed by atoms with E-state index in [1.807, 2.05) is 7.11 Å². The van der Waals surface area contributed by atoms with Crippen LogP contribution in [0.3, 0.4) is 0 Å². The SMILES string of the molecule is CCC1CCCCCN1C1(CN)CCCC(OC)C1. The van der Waals surface area contributed by atoms with Crippen LogP contribution >= 0.6 is 0 Å². The third-order valence-electron chi connectivity index (χ3n) is 5.45. The maximum Gasteiger partial charge on any atom is 0.0589 e. The molecule has 1 aliphatic heterocycles. The molecule has 0 aromatic heterocycles. The maximum atomic E-state index is 6.26. The Bertz CT molecular complexity index is 271. The number of hydrogen-bond donors (Lipinski definition) is 1. The average molecular weight is 268 g/mol. The second-order valence-electron chi connectivity index (χ2n) is 6.49. The van der Waals surface area contributed by atoms with E-state index in [9.17, 15) is 0 Å². The molecule has 2 rings (SSSR count). The minimum Gasteiger partial charge on any atom is -0.381 e. The number of nitrogens with zero attached hydrogens (tertiary/aromatic N) is 1. The van der Waals surface area contributed by atoms with Gasteiger partial charge in [-0.1, -0.05) is 19.8 Å². The van der Waals surface area contributed by atoms with Crippen LogP contribution in [-0.2, 0) is 4.74 Å². The van der Waals surface area contributed by atoms with Gasteiger partial charge >= 0.3 is 0 Å². The van der Waals surface area contributed by atoms with Crippen molar-refractivity contribution >= 4 is 0 Å². The van der Waals surface area contributed by atoms with Gasteiger partial charge in [0.1, 0.15) is 0 Å². The zero-order valence-corrected chi connectivity index (χ0v) is 12.9. The first-order chi connectivity index (χ1) is 9.25. The third-order valence-corrected chi connectivity index (χ3v) is 5.45. The van der Waals surface area contributed by atoms with E-state index in [2.05, 4.69) is 11.8 Å². The highest BCUT2D eigenvalue weighted by atomic mass is 16.5. The summed E-state index contributed by atoms with van der Waals surface area (Å²) < 4.78 is 5.66. The first-order valence-corrected chi connectivity index (χ1v) is 8.25. The first kappa shape index (κ1) is 15.3. The number of nitrogens with two attached hydrogens (primary N) is 1. The Hall–Kier alpha value is -0.120. The molecule has 19 heavy (non-hydrogen) atoms. The molecule has 1 heterocycles. The molecule has 3 atom stereocenters. The van der Waals surface area contributed by atoms with Crippen LogP contribution in [0.15, 0.2) is 0 Å². The van der Waals surface area contributed by atoms with Crippen molar-refractivity contribution in [2.75, 3.05) is 20.2 Å². The second-order valence-corrected chi connectivity index (χ2v) is 6.49. The Balaban J connectivity index is 2.16. The fourth-order valence-corrected chi connectivity index (χ4v) is 4.28. The van der Waals surface area contributed by atoms with Crippen molar-refractivity contribution in [3.05, 3.63) is 0 Å². The van der Waals surface area contributed by atoms with Gasteiger partial charge in [-0.05, 0) is 51.5 Å². The van der Waals surface area contributed by atoms with Crippen molar-refractivity contribution in [3.63, 3.8) is 0 Å². The van der Waals surface area contributed by atoms with Crippen LogP contribution in [0.5, 0.6) is 0 Å². The van der Waals surface area contributed by atoms with Crippen LogP contribution in [-0.4, -0.2) is 42.8 Å². The molecule has 2 aliphatic rings. The zero-order chi connectivity index (χ0) is 13.7. The van der Waals surface area contributed by atoms with E-state index < -0.39 is 0 Å². The molecule has 0 aromatic carbocycles. The third kappa shape index (κ3) is 3.32. The van der Waals surface area contributed by atoms with E-state index >= 15 is 0 Å². The van der Waals surface area contributed by atoms with Crippen LogP contribution in [0.1, 0.15) is 64.7 Å². The highest BCUT2D eigenvalue weighted by molar-refractivity contribution is 4.99. The lowest BCUT2D eigenvalue weighted by Gasteiger charge is -2.50. The highest BCUT2D eigenvalue weighted by Crippen LogP contribution is 2.38. The van der Waals surface area contributed by atoms with E-state index in [1.54, 1.807) is 0 Å². The molecular weight excluding hydrogens is 236 g/mol. The quantitative estimate of drug-likeness (QED) is 0.852. The smallest absolute Gasteiger partial charge is 0.0589 e. The molecule has 1 saturated carbocycles. The Morgan fingerprint density at radius 3 is 2.74 bits per heavy atom. The van der Waals surface area contributed by atoms with Gasteiger partial charge in [0, 0.05) is 25.2 Å². The predicted molar refractivity (Wildman–Crippen MR) is 80.3 cm³/mol. The monoisotopic (exact) mass is 268 g/mol. The summed E-state index contributed by atoms with van der Waals surface area (Å²) in [6.07, 6.45) is 12.0. The molecule has 2 N–H and O–H groups in total. The molecule has 3 unspecified atom stereocenters. The van der Waals surface area contributed by atoms with Crippen LogP contribution < -0.4 is 5.73 Å². The van der Waals surface area contributed by atoms with Crippen LogP contribution in [0.2, 0.25) is 0 Å². The van der Waals surface area contributed by atoms with Gasteiger partial charge in [-0.15, -0.1) is 0 Å². The molecule has 0 amide bonds. The Morgan fingerprint density at radius 1 is 1.21 bits per heavy atom. The van der Waals surface area contributed by atoms with E-state index in [1.165, 1.54) is 57.9 Å². The van der Waals surface area contributed by atoms with Crippen molar-refractivity contribution in [1.29, 1.82) is 0 Å². The summed E-state index contributed by atoms with van der Waals surface area (Å²) in [6, 6.07) is 0.738. The zero-order valence-electron chi connectivity index (χ0n) is 12.9. The van der Waals surface area contributed by atoms with Crippen molar-refractivity contribution in [3.8, 4) is 0 Å². The topological polar surface area (TPSA) is 38.5 Å². The van der Waals surface area contributed by atoms with Gasteiger partial charge in [0.05, 0.1) is 6.10 Å². The van der Waals surface area contributed by atoms with Gasteiger partial charge < -0.3 is 10.5 Å². The maximum absolute atomic E-state index is 6.26. The number of hydrogen-bond acceptors (Lipinski definition) is 3. The largest absolute Gasteiger partial charge is 0.381 e. The average Bonchev–Trinajstić information content (AvgIpc) is 2.72. The van der Waals surface area contributed by atoms with Gasteiger partial charge in [0.2, 0.25) is 0 Å². The Morgan fingerprint density at radius 2 is 2.05 bits per heavy atom. The van der Waals surface area contributed by atoms with Crippen molar-refractivity contribution in [2.45, 2.75) is 82.4 Å². The number of ether oxygens (including phenoxy) is 1. The van der Waals surface area contributed by atoms with E-state index in [-0.39, 0.29) is 5.54 Å². The lowest BCUT2D eigenvalue weighted by Crippen LogP contribution is -2.60. The summed E-state index contributed by atoms with van der Waals surface area (Å²) in [5.41, 5.74) is 6.47. The molecule has 0 radical (unpaired) electrons. The van der Waals surface area contributed by atoms with Gasteiger partial charge in [-0.3, -0.25) is 4.90 Å². The molecule has 0 spiro atoms. The summed E-state index contributed by atoms with van der Waals surface area (Å²) in [6.45, 7) is 4.37. The molecule has 0 aromatic rings. The van der Waals surface area contributed by atoms with Gasteiger partial charge in [-0.2, -0.15) is 0 Å². The minimum atomic E-state index is 0.212. The van der Waals surface area contributed by atoms with Crippen LogP contribution in [0.4, 0.5) is 0 Å². The predicted octanol–water partition coefficient (Wildman–Crippen LogP) is 2.93. The normalized spacial score (nSPS) is 38.1. The van der Waals surface area contributed by atoms with E-state index in [4.69, 9.17) is 10.5 Å². The fourth-order valence-electron chi connectivity index (χ4n) is 4.28. The lowest BCUT2D eigenvalue weighted by molar-refractivity contribution is -0.0401. The van der Waals surface area contributed by atoms with Crippen molar-refractivity contribution in [2.24, 2.45) is 5.73 Å². The highest BCUT2D eigenvalue weighted by Gasteiger charge is 2.42. The summed E-state index contributed by atoms with van der Waals surface area (Å²) in [4.78, 5) is 2.78. The minimum absolute atomic E-state index is 0.212. The summed E-state index contributed by atoms with van der Waals surface area (Å²) in [5, 5.41) is 0. The molecular formula is C16H32N2O. The molecule has 3 heteroatoms. The first-order valence-electron chi connectivity index (χ1n) is 8.25. The summed E-state index contributed by atoms with van der Waals surface area (Å²) >= 11 is 0. The van der Waals surface area contributed by atoms with Crippen LogP contribution in [0, 0.1) is 0 Å². The Kier molecular flexibility index (Phi) is 5.67. The molecule has 112 valence electrons. The molecule has 0 bridgehead atoms. The molecule has 3 nitrogen and oxygen atoms in total. The van der Waals surface area contributed by atoms with Crippen molar-refractivity contribution in [1.82, 2.24) is 4.90 Å².